The number of aryl methyl sites for hydroxylation is 1. The van der Waals surface area contributed by atoms with Gasteiger partial charge >= 0.3 is 0 Å². The first kappa shape index (κ1) is 13.9. The topological polar surface area (TPSA) is 78.0 Å². The van der Waals surface area contributed by atoms with Crippen LogP contribution in [0.2, 0.25) is 0 Å². The molecule has 7 nitrogen and oxygen atoms in total. The summed E-state index contributed by atoms with van der Waals surface area (Å²) in [5, 5.41) is 5.93. The lowest BCUT2D eigenvalue weighted by Crippen LogP contribution is -2.14. The van der Waals surface area contributed by atoms with Crippen LogP contribution in [0.4, 0.5) is 0 Å². The molecule has 0 saturated heterocycles. The molecule has 0 fully saturated rings. The zero-order valence-corrected chi connectivity index (χ0v) is 13.1. The second-order valence-electron chi connectivity index (χ2n) is 4.99. The summed E-state index contributed by atoms with van der Waals surface area (Å²) in [5.41, 5.74) is 2.07. The van der Waals surface area contributed by atoms with Crippen molar-refractivity contribution in [3.63, 3.8) is 0 Å². The number of fused-ring (bicyclic) bond motifs is 2. The fourth-order valence-corrected chi connectivity index (χ4v) is 3.23. The summed E-state index contributed by atoms with van der Waals surface area (Å²) in [5.74, 6) is 0.557. The van der Waals surface area contributed by atoms with Crippen molar-refractivity contribution in [1.29, 1.82) is 0 Å². The van der Waals surface area contributed by atoms with E-state index in [1.165, 1.54) is 22.5 Å². The zero-order valence-electron chi connectivity index (χ0n) is 12.2. The molecule has 8 heteroatoms. The molecule has 4 heterocycles. The number of thioether (sulfide) groups is 1. The molecule has 4 aromatic rings. The number of hydrogen-bond donors (Lipinski definition) is 0. The van der Waals surface area contributed by atoms with Crippen LogP contribution in [0.1, 0.15) is 5.69 Å². The smallest absolute Gasteiger partial charge is 0.258 e. The number of nitrogens with zero attached hydrogens (tertiary/aromatic N) is 6. The lowest BCUT2D eigenvalue weighted by molar-refractivity contribution is 0.784. The highest BCUT2D eigenvalue weighted by atomic mass is 32.2. The maximum absolute atomic E-state index is 12.1. The van der Waals surface area contributed by atoms with E-state index in [9.17, 15) is 4.79 Å². The third-order valence-corrected chi connectivity index (χ3v) is 4.51. The maximum atomic E-state index is 12.1. The highest BCUT2D eigenvalue weighted by molar-refractivity contribution is 7.98. The lowest BCUT2D eigenvalue weighted by atomic mass is 10.4. The van der Waals surface area contributed by atoms with Crippen LogP contribution >= 0.6 is 11.8 Å². The van der Waals surface area contributed by atoms with Crippen molar-refractivity contribution >= 4 is 28.4 Å². The standard InChI is InChI=1S/C15H12N6OS/c1-20-14-11(7-18-20)15(17-9-16-14)23-8-10-6-13(22)21-5-3-2-4-12(21)19-10/h2-7,9H,8H2,1H3. The molecule has 114 valence electrons. The summed E-state index contributed by atoms with van der Waals surface area (Å²) in [6.45, 7) is 0. The molecular formula is C15H12N6OS. The Labute approximate surface area is 135 Å². The van der Waals surface area contributed by atoms with E-state index in [0.29, 0.717) is 11.4 Å². The van der Waals surface area contributed by atoms with E-state index >= 15 is 0 Å². The zero-order chi connectivity index (χ0) is 15.8. The van der Waals surface area contributed by atoms with Gasteiger partial charge in [-0.15, -0.1) is 0 Å². The van der Waals surface area contributed by atoms with Gasteiger partial charge in [0.1, 0.15) is 17.0 Å². The molecule has 0 amide bonds. The van der Waals surface area contributed by atoms with Crippen molar-refractivity contribution in [2.75, 3.05) is 0 Å². The number of rotatable bonds is 3. The molecule has 0 unspecified atom stereocenters. The minimum absolute atomic E-state index is 0.0830. The molecule has 0 aliphatic heterocycles. The van der Waals surface area contributed by atoms with Crippen molar-refractivity contribution in [3.05, 3.63) is 59.0 Å². The van der Waals surface area contributed by atoms with E-state index in [-0.39, 0.29) is 5.56 Å². The monoisotopic (exact) mass is 324 g/mol. The predicted octanol–water partition coefficient (Wildman–Crippen LogP) is 1.66. The largest absolute Gasteiger partial charge is 0.269 e. The first-order chi connectivity index (χ1) is 11.2. The van der Waals surface area contributed by atoms with Gasteiger partial charge in [-0.05, 0) is 12.1 Å². The molecule has 0 aromatic carbocycles. The second-order valence-corrected chi connectivity index (χ2v) is 5.95. The van der Waals surface area contributed by atoms with Crippen molar-refractivity contribution in [1.82, 2.24) is 29.1 Å². The van der Waals surface area contributed by atoms with Gasteiger partial charge < -0.3 is 0 Å². The first-order valence-electron chi connectivity index (χ1n) is 6.95. The normalized spacial score (nSPS) is 11.3. The molecule has 4 aromatic heterocycles. The van der Waals surface area contributed by atoms with Gasteiger partial charge in [0.15, 0.2) is 5.65 Å². The van der Waals surface area contributed by atoms with Gasteiger partial charge in [0.05, 0.1) is 17.3 Å². The van der Waals surface area contributed by atoms with Crippen LogP contribution in [0.15, 0.2) is 52.8 Å². The van der Waals surface area contributed by atoms with Crippen molar-refractivity contribution < 1.29 is 0 Å². The van der Waals surface area contributed by atoms with Gasteiger partial charge in [0.25, 0.3) is 5.56 Å². The number of aromatic nitrogens is 6. The SMILES string of the molecule is Cn1ncc2c(SCc3cc(=O)n4ccccc4n3)ncnc21. The molecule has 23 heavy (non-hydrogen) atoms. The molecular weight excluding hydrogens is 312 g/mol. The van der Waals surface area contributed by atoms with E-state index in [4.69, 9.17) is 0 Å². The minimum atomic E-state index is -0.0830. The van der Waals surface area contributed by atoms with Gasteiger partial charge in [-0.25, -0.2) is 15.0 Å². The first-order valence-corrected chi connectivity index (χ1v) is 7.94. The fourth-order valence-electron chi connectivity index (χ4n) is 2.37. The fraction of sp³-hybridized carbons (Fsp3) is 0.133. The van der Waals surface area contributed by atoms with Gasteiger partial charge in [0, 0.05) is 25.1 Å². The molecule has 0 saturated carbocycles. The highest BCUT2D eigenvalue weighted by Crippen LogP contribution is 2.26. The Morgan fingerprint density at radius 3 is 3.09 bits per heavy atom. The average Bonchev–Trinajstić information content (AvgIpc) is 2.95. The summed E-state index contributed by atoms with van der Waals surface area (Å²) in [7, 11) is 1.84. The summed E-state index contributed by atoms with van der Waals surface area (Å²) >= 11 is 1.52. The molecule has 0 radical (unpaired) electrons. The van der Waals surface area contributed by atoms with Crippen molar-refractivity contribution in [3.8, 4) is 0 Å². The summed E-state index contributed by atoms with van der Waals surface area (Å²) < 4.78 is 3.24. The Hall–Kier alpha value is -2.74. The van der Waals surface area contributed by atoms with Crippen molar-refractivity contribution in [2.24, 2.45) is 7.05 Å². The van der Waals surface area contributed by atoms with E-state index in [1.807, 2.05) is 25.2 Å². The second kappa shape index (κ2) is 5.47. The molecule has 0 N–H and O–H groups in total. The van der Waals surface area contributed by atoms with Gasteiger partial charge in [-0.2, -0.15) is 5.10 Å². The Morgan fingerprint density at radius 2 is 2.17 bits per heavy atom. The quantitative estimate of drug-likeness (QED) is 0.421. The predicted molar refractivity (Wildman–Crippen MR) is 87.3 cm³/mol. The number of pyridine rings is 1. The van der Waals surface area contributed by atoms with Crippen LogP contribution in [0.5, 0.6) is 0 Å². The third kappa shape index (κ3) is 2.46. The Morgan fingerprint density at radius 1 is 1.26 bits per heavy atom. The van der Waals surface area contributed by atoms with Crippen LogP contribution in [-0.2, 0) is 12.8 Å². The summed E-state index contributed by atoms with van der Waals surface area (Å²) in [6.07, 6.45) is 4.99. The average molecular weight is 324 g/mol. The van der Waals surface area contributed by atoms with Crippen LogP contribution in [0.25, 0.3) is 16.7 Å². The van der Waals surface area contributed by atoms with E-state index < -0.39 is 0 Å². The highest BCUT2D eigenvalue weighted by Gasteiger charge is 2.09. The van der Waals surface area contributed by atoms with E-state index in [2.05, 4.69) is 20.1 Å². The molecule has 0 spiro atoms. The third-order valence-electron chi connectivity index (χ3n) is 3.47. The van der Waals surface area contributed by atoms with Gasteiger partial charge in [-0.3, -0.25) is 13.9 Å². The Balaban J connectivity index is 1.67. The molecule has 0 aliphatic rings. The van der Waals surface area contributed by atoms with E-state index in [1.54, 1.807) is 23.1 Å². The summed E-state index contributed by atoms with van der Waals surface area (Å²) in [4.78, 5) is 25.1. The maximum Gasteiger partial charge on any atom is 0.258 e. The molecule has 4 rings (SSSR count). The van der Waals surface area contributed by atoms with Gasteiger partial charge in [-0.1, -0.05) is 17.8 Å². The minimum Gasteiger partial charge on any atom is -0.269 e. The Bertz CT molecular complexity index is 1070. The summed E-state index contributed by atoms with van der Waals surface area (Å²) in [6, 6.07) is 7.05. The van der Waals surface area contributed by atoms with E-state index in [0.717, 1.165) is 21.8 Å². The van der Waals surface area contributed by atoms with Gasteiger partial charge in [0.2, 0.25) is 0 Å². The molecule has 0 aliphatic carbocycles. The van der Waals surface area contributed by atoms with Crippen LogP contribution in [0, 0.1) is 0 Å². The van der Waals surface area contributed by atoms with Crippen molar-refractivity contribution in [2.45, 2.75) is 10.8 Å². The van der Waals surface area contributed by atoms with Crippen LogP contribution < -0.4 is 5.56 Å². The Kier molecular flexibility index (Phi) is 3.30. The van der Waals surface area contributed by atoms with Crippen LogP contribution in [0.3, 0.4) is 0 Å². The number of hydrogen-bond acceptors (Lipinski definition) is 6. The van der Waals surface area contributed by atoms with Crippen LogP contribution in [-0.4, -0.2) is 29.1 Å². The molecule has 0 bridgehead atoms. The lowest BCUT2D eigenvalue weighted by Gasteiger charge is -2.04. The molecule has 0 atom stereocenters.